The summed E-state index contributed by atoms with van der Waals surface area (Å²) in [4.78, 5) is 22.5. The van der Waals surface area contributed by atoms with E-state index < -0.39 is 0 Å². The molecule has 0 saturated carbocycles. The minimum Gasteiger partial charge on any atom is -0.400 e. The van der Waals surface area contributed by atoms with Crippen molar-refractivity contribution in [2.24, 2.45) is 0 Å². The number of aryl methyl sites for hydroxylation is 1. The van der Waals surface area contributed by atoms with Crippen LogP contribution in [0.15, 0.2) is 30.5 Å². The number of thiol groups is 1. The van der Waals surface area contributed by atoms with Gasteiger partial charge in [-0.05, 0) is 63.5 Å². The van der Waals surface area contributed by atoms with Crippen molar-refractivity contribution in [1.29, 1.82) is 0 Å². The van der Waals surface area contributed by atoms with Crippen LogP contribution in [0.4, 0.5) is 11.5 Å². The molecule has 5 rings (SSSR count). The highest BCUT2D eigenvalue weighted by Gasteiger charge is 2.32. The second-order valence-electron chi connectivity index (χ2n) is 8.56. The number of nitrogens with two attached hydrogens (primary N) is 1. The van der Waals surface area contributed by atoms with Gasteiger partial charge in [0.2, 0.25) is 0 Å². The zero-order valence-electron chi connectivity index (χ0n) is 24.6. The predicted molar refractivity (Wildman–Crippen MR) is 168 cm³/mol. The van der Waals surface area contributed by atoms with Crippen LogP contribution in [0.3, 0.4) is 0 Å². The van der Waals surface area contributed by atoms with Crippen molar-refractivity contribution in [3.05, 3.63) is 52.3 Å². The number of likely N-dealkylation sites (tertiary alicyclic amines) is 1. The van der Waals surface area contributed by atoms with Gasteiger partial charge in [-0.25, -0.2) is 9.50 Å². The van der Waals surface area contributed by atoms with Crippen LogP contribution in [0.1, 0.15) is 87.5 Å². The maximum atomic E-state index is 13.4. The van der Waals surface area contributed by atoms with Crippen LogP contribution in [0.25, 0.3) is 5.65 Å². The number of hydrogen-bond donors (Lipinski definition) is 3. The van der Waals surface area contributed by atoms with E-state index in [1.807, 2.05) is 49.4 Å². The van der Waals surface area contributed by atoms with Crippen LogP contribution >= 0.6 is 24.2 Å². The summed E-state index contributed by atoms with van der Waals surface area (Å²) in [6.45, 7) is 12.9. The largest absolute Gasteiger partial charge is 0.400 e. The van der Waals surface area contributed by atoms with Crippen LogP contribution in [-0.2, 0) is 0 Å². The van der Waals surface area contributed by atoms with Crippen LogP contribution < -0.4 is 10.6 Å². The molecule has 2 fully saturated rings. The summed E-state index contributed by atoms with van der Waals surface area (Å²) in [7, 11) is 1.00. The van der Waals surface area contributed by atoms with Gasteiger partial charge in [0.05, 0.1) is 17.3 Å². The highest BCUT2D eigenvalue weighted by Crippen LogP contribution is 2.34. The van der Waals surface area contributed by atoms with Crippen molar-refractivity contribution in [3.8, 4) is 0 Å². The SMILES string of the molecule is CC.CC.CO.CS.Cc1cn2nc(C3CCCCN3C(=O)c3cc(Cl)ccc3N)cc2nc1N1CCCC1. The zero-order valence-corrected chi connectivity index (χ0v) is 26.3. The van der Waals surface area contributed by atoms with Gasteiger partial charge in [-0.1, -0.05) is 39.3 Å². The smallest absolute Gasteiger partial charge is 0.256 e. The zero-order chi connectivity index (χ0) is 29.5. The number of rotatable bonds is 3. The lowest BCUT2D eigenvalue weighted by molar-refractivity contribution is 0.0607. The molecule has 218 valence electrons. The number of nitrogens with zero attached hydrogens (tertiary/aromatic N) is 5. The van der Waals surface area contributed by atoms with Crippen LogP contribution in [0.5, 0.6) is 0 Å². The minimum atomic E-state index is -0.100. The minimum absolute atomic E-state index is 0.0938. The maximum Gasteiger partial charge on any atom is 0.256 e. The topological polar surface area (TPSA) is 100.0 Å². The number of carbonyl (C=O) groups is 1. The number of benzene rings is 1. The van der Waals surface area contributed by atoms with E-state index in [4.69, 9.17) is 32.5 Å². The summed E-state index contributed by atoms with van der Waals surface area (Å²) in [6.07, 6.45) is 9.05. The molecular weight excluding hydrogens is 532 g/mol. The first-order valence-electron chi connectivity index (χ1n) is 13.9. The third kappa shape index (κ3) is 8.50. The third-order valence-electron chi connectivity index (χ3n) is 6.38. The Morgan fingerprint density at radius 1 is 1.03 bits per heavy atom. The highest BCUT2D eigenvalue weighted by atomic mass is 35.5. The molecule has 1 amide bonds. The summed E-state index contributed by atoms with van der Waals surface area (Å²) in [5.41, 5.74) is 9.81. The Kier molecular flexibility index (Phi) is 15.9. The third-order valence-corrected chi connectivity index (χ3v) is 6.62. The van der Waals surface area contributed by atoms with Gasteiger partial charge in [0.15, 0.2) is 5.65 Å². The van der Waals surface area contributed by atoms with E-state index in [1.54, 1.807) is 24.5 Å². The molecule has 39 heavy (non-hydrogen) atoms. The number of nitrogen functional groups attached to an aromatic ring is 1. The molecule has 4 heterocycles. The highest BCUT2D eigenvalue weighted by molar-refractivity contribution is 7.79. The molecule has 0 bridgehead atoms. The Hall–Kier alpha value is -2.49. The van der Waals surface area contributed by atoms with Crippen molar-refractivity contribution < 1.29 is 9.90 Å². The molecule has 2 aliphatic rings. The van der Waals surface area contributed by atoms with Crippen molar-refractivity contribution in [3.63, 3.8) is 0 Å². The van der Waals surface area contributed by atoms with Gasteiger partial charge < -0.3 is 20.6 Å². The molecule has 8 nitrogen and oxygen atoms in total. The lowest BCUT2D eigenvalue weighted by Gasteiger charge is -2.35. The van der Waals surface area contributed by atoms with E-state index in [0.29, 0.717) is 22.8 Å². The van der Waals surface area contributed by atoms with E-state index in [9.17, 15) is 4.79 Å². The fourth-order valence-electron chi connectivity index (χ4n) is 4.78. The summed E-state index contributed by atoms with van der Waals surface area (Å²) in [6, 6.07) is 6.97. The number of amides is 1. The van der Waals surface area contributed by atoms with Crippen molar-refractivity contribution in [2.75, 3.05) is 43.6 Å². The number of anilines is 2. The van der Waals surface area contributed by atoms with Gasteiger partial charge in [0, 0.05) is 55.3 Å². The van der Waals surface area contributed by atoms with Crippen LogP contribution in [0.2, 0.25) is 5.02 Å². The number of aliphatic hydroxyl groups excluding tert-OH is 1. The van der Waals surface area contributed by atoms with E-state index in [2.05, 4.69) is 24.5 Å². The molecular formula is C29H47ClN6O2S. The Bertz CT molecular complexity index is 1150. The van der Waals surface area contributed by atoms with Gasteiger partial charge in [0.1, 0.15) is 5.82 Å². The quantitative estimate of drug-likeness (QED) is 0.244. The van der Waals surface area contributed by atoms with E-state index in [1.165, 1.54) is 12.8 Å². The Morgan fingerprint density at radius 3 is 2.28 bits per heavy atom. The van der Waals surface area contributed by atoms with Crippen LogP contribution in [-0.4, -0.2) is 63.5 Å². The average molecular weight is 579 g/mol. The van der Waals surface area contributed by atoms with Gasteiger partial charge in [-0.2, -0.15) is 17.7 Å². The molecule has 1 aromatic carbocycles. The molecule has 0 spiro atoms. The van der Waals surface area contributed by atoms with Gasteiger partial charge >= 0.3 is 0 Å². The van der Waals surface area contributed by atoms with Crippen LogP contribution in [0, 0.1) is 6.92 Å². The lowest BCUT2D eigenvalue weighted by Crippen LogP contribution is -2.39. The lowest BCUT2D eigenvalue weighted by atomic mass is 9.98. The summed E-state index contributed by atoms with van der Waals surface area (Å²) >= 11 is 9.66. The average Bonchev–Trinajstić information content (AvgIpc) is 3.68. The maximum absolute atomic E-state index is 13.4. The number of aromatic nitrogens is 3. The standard InChI is InChI=1S/C23H27ClN6O.2C2H6.CH4O.CH4S/c1-15-14-30-21(26-22(15)28-9-4-5-10-28)13-19(27-30)20-6-2-3-11-29(20)23(31)17-12-16(24)7-8-18(17)25;4*1-2/h7-8,12-14,20H,2-6,9-11,25H2,1H3;2*1-2H3;2*2H,1H3. The number of hydrogen-bond acceptors (Lipinski definition) is 7. The number of carbonyl (C=O) groups excluding carboxylic acids is 1. The van der Waals surface area contributed by atoms with E-state index >= 15 is 0 Å². The first kappa shape index (κ1) is 34.5. The predicted octanol–water partition coefficient (Wildman–Crippen LogP) is 6.45. The molecule has 1 atom stereocenters. The number of piperidine rings is 1. The van der Waals surface area contributed by atoms with E-state index in [0.717, 1.165) is 62.2 Å². The van der Waals surface area contributed by atoms with Gasteiger partial charge in [-0.15, -0.1) is 0 Å². The monoisotopic (exact) mass is 578 g/mol. The number of fused-ring (bicyclic) bond motifs is 1. The van der Waals surface area contributed by atoms with E-state index in [-0.39, 0.29) is 11.9 Å². The normalized spacial score (nSPS) is 16.0. The number of halogens is 1. The Morgan fingerprint density at radius 2 is 1.64 bits per heavy atom. The molecule has 0 radical (unpaired) electrons. The molecule has 10 heteroatoms. The van der Waals surface area contributed by atoms with Gasteiger partial charge in [-0.3, -0.25) is 4.79 Å². The Labute approximate surface area is 245 Å². The first-order valence-corrected chi connectivity index (χ1v) is 15.2. The fraction of sp³-hybridized carbons (Fsp3) is 0.552. The second kappa shape index (κ2) is 18.0. The fourth-order valence-corrected chi connectivity index (χ4v) is 4.95. The number of aliphatic hydroxyl groups is 1. The molecule has 3 N–H and O–H groups in total. The first-order chi connectivity index (χ1) is 19.0. The van der Waals surface area contributed by atoms with Crippen molar-refractivity contribution in [1.82, 2.24) is 19.5 Å². The molecule has 1 unspecified atom stereocenters. The van der Waals surface area contributed by atoms with Gasteiger partial charge in [0.25, 0.3) is 5.91 Å². The molecule has 2 aromatic heterocycles. The summed E-state index contributed by atoms with van der Waals surface area (Å²) in [5.74, 6) is 0.948. The molecule has 2 aliphatic heterocycles. The van der Waals surface area contributed by atoms with Crippen molar-refractivity contribution in [2.45, 2.75) is 72.8 Å². The molecule has 0 aliphatic carbocycles. The summed E-state index contributed by atoms with van der Waals surface area (Å²) < 4.78 is 1.84. The molecule has 3 aromatic rings. The second-order valence-corrected chi connectivity index (χ2v) is 8.99. The van der Waals surface area contributed by atoms with Crippen molar-refractivity contribution >= 4 is 47.3 Å². The molecule has 2 saturated heterocycles. The Balaban J connectivity index is 0.000000874. The summed E-state index contributed by atoms with van der Waals surface area (Å²) in [5, 5.41) is 12.3.